The van der Waals surface area contributed by atoms with Crippen LogP contribution >= 0.6 is 0 Å². The second kappa shape index (κ2) is 9.40. The zero-order chi connectivity index (χ0) is 24.5. The predicted molar refractivity (Wildman–Crippen MR) is 128 cm³/mol. The van der Waals surface area contributed by atoms with E-state index in [-0.39, 0.29) is 35.0 Å². The van der Waals surface area contributed by atoms with E-state index in [1.165, 1.54) is 18.2 Å². The van der Waals surface area contributed by atoms with Crippen LogP contribution in [0.15, 0.2) is 53.2 Å². The molecule has 3 heterocycles. The number of nitrogens with one attached hydrogen (secondary N) is 1. The molecule has 2 atom stereocenters. The van der Waals surface area contributed by atoms with Crippen LogP contribution in [0.4, 0.5) is 14.8 Å². The lowest BCUT2D eigenvalue weighted by Crippen LogP contribution is -2.51. The van der Waals surface area contributed by atoms with Crippen LogP contribution < -0.4 is 5.32 Å². The summed E-state index contributed by atoms with van der Waals surface area (Å²) in [5.41, 5.74) is 1.93. The van der Waals surface area contributed by atoms with Crippen LogP contribution in [-0.2, 0) is 0 Å². The molecule has 7 nitrogen and oxygen atoms in total. The third-order valence-electron chi connectivity index (χ3n) is 6.61. The lowest BCUT2D eigenvalue weighted by molar-refractivity contribution is 0.0538. The van der Waals surface area contributed by atoms with Gasteiger partial charge in [-0.2, -0.15) is 4.98 Å². The van der Waals surface area contributed by atoms with Crippen molar-refractivity contribution in [3.63, 3.8) is 0 Å². The highest BCUT2D eigenvalue weighted by atomic mass is 19.1. The highest BCUT2D eigenvalue weighted by molar-refractivity contribution is 6.01. The summed E-state index contributed by atoms with van der Waals surface area (Å²) in [5, 5.41) is 3.17. The van der Waals surface area contributed by atoms with Gasteiger partial charge in [0.05, 0.1) is 11.6 Å². The van der Waals surface area contributed by atoms with Gasteiger partial charge in [0, 0.05) is 37.1 Å². The number of fused-ring (bicyclic) bond motifs is 1. The molecule has 5 rings (SSSR count). The third-order valence-corrected chi connectivity index (χ3v) is 6.61. The van der Waals surface area contributed by atoms with Crippen molar-refractivity contribution < 1.29 is 18.0 Å². The first kappa shape index (κ1) is 22.9. The minimum atomic E-state index is -0.452. The SMILES string of the molecule is Cc1c(F)ccc(-c2ncccn2)c1C(=O)N1CCC[C@@H](C)[C@H]1CNc1nc2ccc(F)cc2o1. The molecule has 9 heteroatoms. The number of hydrogen-bond acceptors (Lipinski definition) is 6. The third kappa shape index (κ3) is 4.45. The van der Waals surface area contributed by atoms with Gasteiger partial charge in [0.2, 0.25) is 0 Å². The summed E-state index contributed by atoms with van der Waals surface area (Å²) in [4.78, 5) is 28.6. The Morgan fingerprint density at radius 1 is 1.20 bits per heavy atom. The molecule has 0 spiro atoms. The Hall–Kier alpha value is -3.88. The minimum Gasteiger partial charge on any atom is -0.423 e. The predicted octanol–water partition coefficient (Wildman–Crippen LogP) is 5.22. The van der Waals surface area contributed by atoms with Gasteiger partial charge in [-0.25, -0.2) is 18.7 Å². The van der Waals surface area contributed by atoms with Crippen LogP contribution in [0.3, 0.4) is 0 Å². The fourth-order valence-electron chi connectivity index (χ4n) is 4.71. The number of aromatic nitrogens is 3. The molecule has 1 fully saturated rings. The molecular formula is C26H25F2N5O2. The normalized spacial score (nSPS) is 18.1. The van der Waals surface area contributed by atoms with Crippen LogP contribution in [0.25, 0.3) is 22.5 Å². The number of hydrogen-bond donors (Lipinski definition) is 1. The lowest BCUT2D eigenvalue weighted by Gasteiger charge is -2.40. The summed E-state index contributed by atoms with van der Waals surface area (Å²) < 4.78 is 33.7. The molecule has 1 aliphatic rings. The Bertz CT molecular complexity index is 1380. The van der Waals surface area contributed by atoms with Crippen molar-refractivity contribution in [2.75, 3.05) is 18.4 Å². The molecule has 35 heavy (non-hydrogen) atoms. The van der Waals surface area contributed by atoms with Crippen LogP contribution in [0.5, 0.6) is 0 Å². The molecule has 0 unspecified atom stereocenters. The lowest BCUT2D eigenvalue weighted by atomic mass is 9.89. The first-order valence-corrected chi connectivity index (χ1v) is 11.6. The van der Waals surface area contributed by atoms with Crippen LogP contribution in [-0.4, -0.2) is 44.9 Å². The van der Waals surface area contributed by atoms with Gasteiger partial charge in [-0.15, -0.1) is 0 Å². The minimum absolute atomic E-state index is 0.185. The molecular weight excluding hydrogens is 452 g/mol. The van der Waals surface area contributed by atoms with E-state index in [0.717, 1.165) is 12.8 Å². The van der Waals surface area contributed by atoms with E-state index in [1.807, 2.05) is 0 Å². The zero-order valence-electron chi connectivity index (χ0n) is 19.5. The van der Waals surface area contributed by atoms with Crippen LogP contribution in [0, 0.1) is 24.5 Å². The average molecular weight is 478 g/mol. The molecule has 1 amide bonds. The Kier molecular flexibility index (Phi) is 6.15. The molecule has 1 aliphatic heterocycles. The van der Waals surface area contributed by atoms with Crippen molar-refractivity contribution in [2.24, 2.45) is 5.92 Å². The maximum absolute atomic E-state index is 14.6. The van der Waals surface area contributed by atoms with E-state index in [1.54, 1.807) is 42.4 Å². The van der Waals surface area contributed by atoms with Crippen LogP contribution in [0.2, 0.25) is 0 Å². The number of rotatable bonds is 5. The fraction of sp³-hybridized carbons (Fsp3) is 0.308. The van der Waals surface area contributed by atoms with Gasteiger partial charge in [0.25, 0.3) is 11.9 Å². The summed E-state index contributed by atoms with van der Waals surface area (Å²) in [6, 6.07) is 8.83. The molecule has 0 saturated carbocycles. The van der Waals surface area contributed by atoms with Gasteiger partial charge in [-0.05, 0) is 61.6 Å². The summed E-state index contributed by atoms with van der Waals surface area (Å²) >= 11 is 0. The van der Waals surface area contributed by atoms with Gasteiger partial charge in [0.1, 0.15) is 17.2 Å². The number of amides is 1. The van der Waals surface area contributed by atoms with Crippen LogP contribution in [0.1, 0.15) is 35.7 Å². The topological polar surface area (TPSA) is 84.2 Å². The highest BCUT2D eigenvalue weighted by Gasteiger charge is 2.35. The number of carbonyl (C=O) groups is 1. The van der Waals surface area contributed by atoms with Crippen molar-refractivity contribution in [1.29, 1.82) is 0 Å². The van der Waals surface area contributed by atoms with E-state index < -0.39 is 11.6 Å². The fourth-order valence-corrected chi connectivity index (χ4v) is 4.71. The molecule has 1 N–H and O–H groups in total. The first-order valence-electron chi connectivity index (χ1n) is 11.6. The second-order valence-electron chi connectivity index (χ2n) is 8.86. The molecule has 180 valence electrons. The molecule has 4 aromatic rings. The van der Waals surface area contributed by atoms with Gasteiger partial charge in [0.15, 0.2) is 11.4 Å². The standard InChI is InChI=1S/C26H25F2N5O2/c1-15-5-3-12-33(21(15)14-31-26-32-20-9-6-17(27)13-22(20)35-26)25(34)23-16(2)19(28)8-7-18(23)24-29-10-4-11-30-24/h4,6-11,13,15,21H,3,5,12,14H2,1-2H3,(H,31,32)/t15-,21-/m1/s1. The number of oxazole rings is 1. The summed E-state index contributed by atoms with van der Waals surface area (Å²) in [6.45, 7) is 4.62. The van der Waals surface area contributed by atoms with E-state index in [0.29, 0.717) is 35.6 Å². The number of benzene rings is 2. The number of carbonyl (C=O) groups excluding carboxylic acids is 1. The largest absolute Gasteiger partial charge is 0.423 e. The Balaban J connectivity index is 1.45. The monoisotopic (exact) mass is 477 g/mol. The maximum Gasteiger partial charge on any atom is 0.295 e. The smallest absolute Gasteiger partial charge is 0.295 e. The Morgan fingerprint density at radius 3 is 2.80 bits per heavy atom. The zero-order valence-corrected chi connectivity index (χ0v) is 19.5. The van der Waals surface area contributed by atoms with Crippen molar-refractivity contribution in [2.45, 2.75) is 32.7 Å². The van der Waals surface area contributed by atoms with Gasteiger partial charge in [-0.1, -0.05) is 6.92 Å². The molecule has 1 saturated heterocycles. The number of nitrogens with zero attached hydrogens (tertiary/aromatic N) is 4. The Morgan fingerprint density at radius 2 is 2.00 bits per heavy atom. The molecule has 2 aromatic carbocycles. The summed E-state index contributed by atoms with van der Waals surface area (Å²) in [6.07, 6.45) is 4.98. The quantitative estimate of drug-likeness (QED) is 0.424. The number of halogens is 2. The number of piperidine rings is 1. The summed E-state index contributed by atoms with van der Waals surface area (Å²) in [5.74, 6) is -0.555. The first-order chi connectivity index (χ1) is 16.9. The van der Waals surface area contributed by atoms with Gasteiger partial charge < -0.3 is 14.6 Å². The number of likely N-dealkylation sites (tertiary alicyclic amines) is 1. The van der Waals surface area contributed by atoms with E-state index >= 15 is 0 Å². The maximum atomic E-state index is 14.6. The average Bonchev–Trinajstić information content (AvgIpc) is 3.26. The van der Waals surface area contributed by atoms with Crippen molar-refractivity contribution in [3.05, 3.63) is 71.6 Å². The molecule has 0 radical (unpaired) electrons. The number of anilines is 1. The molecule has 0 bridgehead atoms. The van der Waals surface area contributed by atoms with E-state index in [9.17, 15) is 13.6 Å². The van der Waals surface area contributed by atoms with Crippen molar-refractivity contribution in [1.82, 2.24) is 19.9 Å². The van der Waals surface area contributed by atoms with Gasteiger partial charge >= 0.3 is 0 Å². The van der Waals surface area contributed by atoms with E-state index in [4.69, 9.17) is 4.42 Å². The van der Waals surface area contributed by atoms with Crippen molar-refractivity contribution >= 4 is 23.0 Å². The van der Waals surface area contributed by atoms with Gasteiger partial charge in [-0.3, -0.25) is 4.79 Å². The highest BCUT2D eigenvalue weighted by Crippen LogP contribution is 2.31. The summed E-state index contributed by atoms with van der Waals surface area (Å²) in [7, 11) is 0. The Labute approximate surface area is 201 Å². The van der Waals surface area contributed by atoms with E-state index in [2.05, 4.69) is 27.2 Å². The van der Waals surface area contributed by atoms with Crippen molar-refractivity contribution in [3.8, 4) is 11.4 Å². The second-order valence-corrected chi connectivity index (χ2v) is 8.86. The molecule has 2 aromatic heterocycles. The molecule has 0 aliphatic carbocycles.